The molecule has 3 aliphatic heterocycles. The molecule has 0 radical (unpaired) electrons. The normalized spacial score (nSPS) is 21.6. The van der Waals surface area contributed by atoms with Gasteiger partial charge in [0.05, 0.1) is 10.9 Å². The lowest BCUT2D eigenvalue weighted by atomic mass is 9.84. The predicted octanol–water partition coefficient (Wildman–Crippen LogP) is 6.01. The van der Waals surface area contributed by atoms with Crippen LogP contribution in [0.4, 0.5) is 5.69 Å². The van der Waals surface area contributed by atoms with Gasteiger partial charge in [0.2, 0.25) is 10.0 Å². The molecule has 4 fully saturated rings. The lowest BCUT2D eigenvalue weighted by molar-refractivity contribution is -0.162. The van der Waals surface area contributed by atoms with E-state index in [9.17, 15) is 27.6 Å². The number of rotatable bonds is 20. The van der Waals surface area contributed by atoms with Crippen molar-refractivity contribution in [2.45, 2.75) is 113 Å². The van der Waals surface area contributed by atoms with E-state index >= 15 is 0 Å². The molecule has 0 aromatic heterocycles. The molecule has 4 aromatic rings. The van der Waals surface area contributed by atoms with Gasteiger partial charge >= 0.3 is 23.6 Å². The van der Waals surface area contributed by atoms with Gasteiger partial charge in [-0.05, 0) is 80.7 Å². The van der Waals surface area contributed by atoms with Gasteiger partial charge in [-0.25, -0.2) is 13.1 Å². The summed E-state index contributed by atoms with van der Waals surface area (Å²) in [6.07, 6.45) is 11.5. The maximum Gasteiger partial charge on any atom is 0.312 e. The molecule has 8 rings (SSSR count). The summed E-state index contributed by atoms with van der Waals surface area (Å²) in [5, 5.41) is 4.35. The third-order valence-corrected chi connectivity index (χ3v) is 16.3. The smallest absolute Gasteiger partial charge is 0.312 e. The third kappa shape index (κ3) is 11.7. The second-order valence-corrected chi connectivity index (χ2v) is 21.2. The molecule has 2 N–H and O–H groups in total. The molecular weight excluding hydrogens is 863 g/mol. The molecule has 0 spiro atoms. The second-order valence-electron chi connectivity index (χ2n) is 19.5. The molecule has 358 valence electrons. The van der Waals surface area contributed by atoms with E-state index < -0.39 is 33.7 Å². The van der Waals surface area contributed by atoms with Crippen molar-refractivity contribution in [2.24, 2.45) is 5.92 Å². The summed E-state index contributed by atoms with van der Waals surface area (Å²) in [6.45, 7) is 3.32. The summed E-state index contributed by atoms with van der Waals surface area (Å²) in [7, 11) is 0.0694. The van der Waals surface area contributed by atoms with Crippen molar-refractivity contribution < 1.29 is 27.6 Å². The quantitative estimate of drug-likeness (QED) is 0.0812. The molecule has 1 saturated carbocycles. The first kappa shape index (κ1) is 48.2. The van der Waals surface area contributed by atoms with Gasteiger partial charge in [0, 0.05) is 87.9 Å². The summed E-state index contributed by atoms with van der Waals surface area (Å²) in [5.41, 5.74) is 3.15. The monoisotopic (exact) mass is 932 g/mol. The van der Waals surface area contributed by atoms with Gasteiger partial charge in [-0.1, -0.05) is 123 Å². The zero-order valence-electron chi connectivity index (χ0n) is 39.4. The van der Waals surface area contributed by atoms with Crippen LogP contribution in [0, 0.1) is 5.92 Å². The van der Waals surface area contributed by atoms with Gasteiger partial charge in [-0.3, -0.25) is 24.1 Å². The number of hydrogen-bond acceptors (Lipinski definition) is 8. The van der Waals surface area contributed by atoms with E-state index in [2.05, 4.69) is 27.1 Å². The van der Waals surface area contributed by atoms with Crippen molar-refractivity contribution in [1.29, 1.82) is 0 Å². The molecule has 4 aliphatic rings. The zero-order valence-corrected chi connectivity index (χ0v) is 40.2. The number of sulfonamides is 1. The Balaban J connectivity index is 0.983. The Labute approximate surface area is 397 Å². The summed E-state index contributed by atoms with van der Waals surface area (Å²) < 4.78 is 30.4. The Morgan fingerprint density at radius 1 is 0.716 bits per heavy atom. The number of anilines is 1. The highest BCUT2D eigenvalue weighted by molar-refractivity contribution is 7.89. The number of carbonyl (C=O) groups excluding carboxylic acids is 4. The Hall–Kier alpha value is -5.31. The molecule has 13 nitrogen and oxygen atoms in total. The lowest BCUT2D eigenvalue weighted by Gasteiger charge is -2.46. The number of likely N-dealkylation sites (tertiary alicyclic amines) is 1. The Kier molecular flexibility index (Phi) is 16.0. The summed E-state index contributed by atoms with van der Waals surface area (Å²) in [5.74, 6) is -1.53. The fraction of sp³-hybridized carbons (Fsp3) is 0.509. The molecule has 0 bridgehead atoms. The van der Waals surface area contributed by atoms with Gasteiger partial charge < -0.3 is 24.9 Å². The number of piperazine rings is 2. The van der Waals surface area contributed by atoms with Gasteiger partial charge in [-0.15, -0.1) is 0 Å². The van der Waals surface area contributed by atoms with Crippen LogP contribution in [0.1, 0.15) is 81.8 Å². The molecule has 1 aliphatic carbocycles. The molecule has 3 saturated heterocycles. The SMILES string of the molecule is CN(C)c1cccc2c(S(=O)(=O)NCCCCC3CN(C(CC4CCCCC4)CN4CCCC4CN4C(=O)C(=O)NCC4Cc4ccccc4)C(=O)C(=O)N3CCc3ccccc3)cccc12. The first-order chi connectivity index (χ1) is 32.5. The van der Waals surface area contributed by atoms with Crippen molar-refractivity contribution in [2.75, 3.05) is 64.8 Å². The van der Waals surface area contributed by atoms with Crippen molar-refractivity contribution in [3.63, 3.8) is 0 Å². The van der Waals surface area contributed by atoms with Crippen molar-refractivity contribution >= 4 is 50.1 Å². The minimum atomic E-state index is -3.82. The van der Waals surface area contributed by atoms with E-state index in [4.69, 9.17) is 0 Å². The molecule has 4 aromatic carbocycles. The largest absolute Gasteiger partial charge is 0.377 e. The number of nitrogens with one attached hydrogen (secondary N) is 2. The molecule has 4 amide bonds. The van der Waals surface area contributed by atoms with Crippen LogP contribution in [0.15, 0.2) is 102 Å². The van der Waals surface area contributed by atoms with E-state index in [1.165, 1.54) is 6.42 Å². The van der Waals surface area contributed by atoms with Gasteiger partial charge in [-0.2, -0.15) is 0 Å². The Morgan fingerprint density at radius 3 is 2.18 bits per heavy atom. The number of unbranched alkanes of at least 4 members (excludes halogenated alkanes) is 1. The Morgan fingerprint density at radius 2 is 1.43 bits per heavy atom. The average Bonchev–Trinajstić information content (AvgIpc) is 3.78. The number of hydrogen-bond donors (Lipinski definition) is 2. The van der Waals surface area contributed by atoms with Crippen LogP contribution in [0.25, 0.3) is 10.8 Å². The molecule has 67 heavy (non-hydrogen) atoms. The average molecular weight is 932 g/mol. The first-order valence-electron chi connectivity index (χ1n) is 24.7. The second kappa shape index (κ2) is 22.2. The van der Waals surface area contributed by atoms with E-state index in [0.717, 1.165) is 73.7 Å². The number of nitrogens with zero attached hydrogens (tertiary/aromatic N) is 5. The zero-order chi connectivity index (χ0) is 46.9. The van der Waals surface area contributed by atoms with E-state index in [-0.39, 0.29) is 35.6 Å². The number of fused-ring (bicyclic) bond motifs is 1. The van der Waals surface area contributed by atoms with E-state index in [1.807, 2.05) is 96.7 Å². The maximum absolute atomic E-state index is 14.6. The van der Waals surface area contributed by atoms with Gasteiger partial charge in [0.1, 0.15) is 0 Å². The van der Waals surface area contributed by atoms with Crippen LogP contribution in [-0.2, 0) is 42.0 Å². The maximum atomic E-state index is 14.6. The van der Waals surface area contributed by atoms with Crippen LogP contribution >= 0.6 is 0 Å². The number of carbonyl (C=O) groups is 4. The van der Waals surface area contributed by atoms with Crippen LogP contribution in [0.3, 0.4) is 0 Å². The molecule has 3 heterocycles. The van der Waals surface area contributed by atoms with Gasteiger partial charge in [0.15, 0.2) is 0 Å². The third-order valence-electron chi connectivity index (χ3n) is 14.8. The van der Waals surface area contributed by atoms with Gasteiger partial charge in [0.25, 0.3) is 0 Å². The summed E-state index contributed by atoms with van der Waals surface area (Å²) in [6, 6.07) is 30.6. The minimum absolute atomic E-state index is 0.0171. The Bertz CT molecular complexity index is 2450. The number of amides is 4. The highest BCUT2D eigenvalue weighted by atomic mass is 32.2. The number of benzene rings is 4. The molecule has 14 heteroatoms. The summed E-state index contributed by atoms with van der Waals surface area (Å²) in [4.78, 5) is 65.4. The van der Waals surface area contributed by atoms with E-state index in [0.29, 0.717) is 76.1 Å². The minimum Gasteiger partial charge on any atom is -0.377 e. The summed E-state index contributed by atoms with van der Waals surface area (Å²) >= 11 is 0. The van der Waals surface area contributed by atoms with Crippen molar-refractivity contribution in [1.82, 2.24) is 29.6 Å². The highest BCUT2D eigenvalue weighted by Gasteiger charge is 2.44. The first-order valence-corrected chi connectivity index (χ1v) is 26.2. The van der Waals surface area contributed by atoms with Crippen LogP contribution in [-0.4, -0.2) is 136 Å². The fourth-order valence-corrected chi connectivity index (χ4v) is 12.5. The van der Waals surface area contributed by atoms with E-state index in [1.54, 1.807) is 21.9 Å². The van der Waals surface area contributed by atoms with Crippen molar-refractivity contribution in [3.8, 4) is 0 Å². The molecule has 4 unspecified atom stereocenters. The molecule has 4 atom stereocenters. The van der Waals surface area contributed by atoms with Crippen LogP contribution in [0.2, 0.25) is 0 Å². The van der Waals surface area contributed by atoms with Crippen LogP contribution in [0.5, 0.6) is 0 Å². The fourth-order valence-electron chi connectivity index (χ4n) is 11.2. The molecular formula is C53H69N7O6S. The topological polar surface area (TPSA) is 143 Å². The standard InChI is InChI=1S/C53H69N7O6S/c1-56(2)48-27-14-26-47-46(48)25-15-28-49(47)67(65,66)55-30-13-12-23-43-38-60(53(64)52(63)58(43)32-29-39-17-6-3-7-18-39)45(34-41-21-10-5-11-22-41)36-57-31-16-24-42(57)37-59-44(35-54-50(61)51(59)62)33-40-19-8-4-9-20-40/h3-4,6-9,14-15,17-20,25-28,41-45,55H,5,10-13,16,21-24,29-38H2,1-2H3,(H,54,61). The lowest BCUT2D eigenvalue weighted by Crippen LogP contribution is -2.64. The predicted molar refractivity (Wildman–Crippen MR) is 263 cm³/mol. The van der Waals surface area contributed by atoms with Crippen molar-refractivity contribution in [3.05, 3.63) is 108 Å². The highest BCUT2D eigenvalue weighted by Crippen LogP contribution is 2.33. The van der Waals surface area contributed by atoms with Crippen LogP contribution < -0.4 is 14.9 Å².